The van der Waals surface area contributed by atoms with E-state index in [1.807, 2.05) is 0 Å². The highest BCUT2D eigenvalue weighted by Crippen LogP contribution is 2.20. The summed E-state index contributed by atoms with van der Waals surface area (Å²) in [6.07, 6.45) is 0. The molecule has 108 valence electrons. The Balaban J connectivity index is 2.54. The normalized spacial score (nSPS) is 11.2. The third-order valence-corrected chi connectivity index (χ3v) is 3.15. The number of hydrogen-bond donors (Lipinski definition) is 2. The molecule has 0 atom stereocenters. The number of H-pyrrole nitrogens is 1. The Kier molecular flexibility index (Phi) is 3.52. The van der Waals surface area contributed by atoms with Crippen LogP contribution in [0.5, 0.6) is 5.88 Å². The lowest BCUT2D eigenvalue weighted by Crippen LogP contribution is -2.33. The molecular formula is C13H17N3O4. The van der Waals surface area contributed by atoms with Gasteiger partial charge in [0.2, 0.25) is 11.8 Å². The lowest BCUT2D eigenvalue weighted by molar-refractivity contribution is 0.377. The summed E-state index contributed by atoms with van der Waals surface area (Å²) < 4.78 is 6.43. The van der Waals surface area contributed by atoms with Crippen molar-refractivity contribution in [2.45, 2.75) is 40.2 Å². The van der Waals surface area contributed by atoms with Crippen LogP contribution in [-0.2, 0) is 6.54 Å². The zero-order chi connectivity index (χ0) is 15.0. The number of aromatic amines is 1. The van der Waals surface area contributed by atoms with E-state index in [1.54, 1.807) is 27.7 Å². The summed E-state index contributed by atoms with van der Waals surface area (Å²) in [5, 5.41) is 10.1. The zero-order valence-electron chi connectivity index (χ0n) is 11.9. The second-order valence-electron chi connectivity index (χ2n) is 4.99. The van der Waals surface area contributed by atoms with E-state index in [4.69, 9.17) is 4.42 Å². The number of oxazole rings is 1. The third-order valence-electron chi connectivity index (χ3n) is 3.15. The van der Waals surface area contributed by atoms with Crippen molar-refractivity contribution >= 4 is 0 Å². The highest BCUT2D eigenvalue weighted by molar-refractivity contribution is 5.26. The molecule has 2 N–H and O–H groups in total. The van der Waals surface area contributed by atoms with E-state index in [0.717, 1.165) is 10.3 Å². The van der Waals surface area contributed by atoms with Crippen LogP contribution >= 0.6 is 0 Å². The Morgan fingerprint density at radius 3 is 2.50 bits per heavy atom. The lowest BCUT2D eigenvalue weighted by Gasteiger charge is -2.11. The first-order valence-electron chi connectivity index (χ1n) is 6.30. The summed E-state index contributed by atoms with van der Waals surface area (Å²) >= 11 is 0. The molecule has 7 nitrogen and oxygen atoms in total. The minimum absolute atomic E-state index is 0.0319. The molecule has 0 fully saturated rings. The van der Waals surface area contributed by atoms with Crippen molar-refractivity contribution in [2.75, 3.05) is 0 Å². The lowest BCUT2D eigenvalue weighted by atomic mass is 10.1. The van der Waals surface area contributed by atoms with Gasteiger partial charge in [-0.15, -0.1) is 0 Å². The molecule has 2 rings (SSSR count). The molecule has 0 spiro atoms. The van der Waals surface area contributed by atoms with Gasteiger partial charge in [-0.25, -0.2) is 9.78 Å². The minimum Gasteiger partial charge on any atom is -0.494 e. The van der Waals surface area contributed by atoms with Crippen molar-refractivity contribution in [3.63, 3.8) is 0 Å². The van der Waals surface area contributed by atoms with Crippen LogP contribution in [0.3, 0.4) is 0 Å². The molecule has 0 saturated heterocycles. The fraction of sp³-hybridized carbons (Fsp3) is 0.462. The van der Waals surface area contributed by atoms with Crippen molar-refractivity contribution in [1.29, 1.82) is 0 Å². The molecule has 2 aromatic heterocycles. The maximum Gasteiger partial charge on any atom is 0.331 e. The largest absolute Gasteiger partial charge is 0.494 e. The first-order valence-corrected chi connectivity index (χ1v) is 6.30. The summed E-state index contributed by atoms with van der Waals surface area (Å²) in [5.74, 6) is 0.404. The quantitative estimate of drug-likeness (QED) is 0.873. The number of nitrogens with zero attached hydrogens (tertiary/aromatic N) is 2. The van der Waals surface area contributed by atoms with Gasteiger partial charge in [0.15, 0.2) is 0 Å². The van der Waals surface area contributed by atoms with E-state index in [2.05, 4.69) is 9.97 Å². The average molecular weight is 279 g/mol. The van der Waals surface area contributed by atoms with Gasteiger partial charge in [-0.2, -0.15) is 0 Å². The summed E-state index contributed by atoms with van der Waals surface area (Å²) in [7, 11) is 0. The van der Waals surface area contributed by atoms with Gasteiger partial charge in [0.25, 0.3) is 5.56 Å². The highest BCUT2D eigenvalue weighted by Gasteiger charge is 2.18. The predicted molar refractivity (Wildman–Crippen MR) is 72.2 cm³/mol. The van der Waals surface area contributed by atoms with Crippen LogP contribution in [0.15, 0.2) is 14.0 Å². The second-order valence-corrected chi connectivity index (χ2v) is 4.99. The highest BCUT2D eigenvalue weighted by atomic mass is 16.4. The molecule has 0 aliphatic carbocycles. The molecule has 0 saturated carbocycles. The van der Waals surface area contributed by atoms with E-state index in [-0.39, 0.29) is 23.9 Å². The van der Waals surface area contributed by atoms with Crippen molar-refractivity contribution in [3.05, 3.63) is 43.7 Å². The van der Waals surface area contributed by atoms with Gasteiger partial charge in [-0.3, -0.25) is 14.3 Å². The van der Waals surface area contributed by atoms with Gasteiger partial charge in [0.1, 0.15) is 12.3 Å². The van der Waals surface area contributed by atoms with Crippen molar-refractivity contribution < 1.29 is 9.52 Å². The third kappa shape index (κ3) is 2.38. The topological polar surface area (TPSA) is 101 Å². The minimum atomic E-state index is -0.689. The number of aromatic nitrogens is 3. The van der Waals surface area contributed by atoms with Gasteiger partial charge in [0, 0.05) is 0 Å². The maximum atomic E-state index is 11.8. The van der Waals surface area contributed by atoms with Crippen LogP contribution in [0, 0.1) is 13.8 Å². The molecule has 7 heteroatoms. The number of hydrogen-bond acceptors (Lipinski definition) is 5. The number of aryl methyl sites for hydroxylation is 2. The molecule has 0 amide bonds. The van der Waals surface area contributed by atoms with Gasteiger partial charge in [-0.05, 0) is 19.8 Å². The molecule has 0 bridgehead atoms. The molecule has 0 unspecified atom stereocenters. The van der Waals surface area contributed by atoms with Crippen LogP contribution < -0.4 is 11.2 Å². The molecule has 0 aliphatic rings. The van der Waals surface area contributed by atoms with E-state index < -0.39 is 11.2 Å². The number of rotatable bonds is 3. The fourth-order valence-electron chi connectivity index (χ4n) is 1.98. The molecular weight excluding hydrogens is 262 g/mol. The Morgan fingerprint density at radius 1 is 1.35 bits per heavy atom. The van der Waals surface area contributed by atoms with Gasteiger partial charge in [0.05, 0.1) is 11.3 Å². The van der Waals surface area contributed by atoms with E-state index in [9.17, 15) is 14.7 Å². The molecule has 2 aromatic rings. The van der Waals surface area contributed by atoms with Crippen LogP contribution in [0.2, 0.25) is 0 Å². The molecule has 0 aromatic carbocycles. The van der Waals surface area contributed by atoms with Crippen molar-refractivity contribution in [3.8, 4) is 5.88 Å². The average Bonchev–Trinajstić information content (AvgIpc) is 2.63. The second kappa shape index (κ2) is 4.99. The first-order chi connectivity index (χ1) is 9.31. The fourth-order valence-corrected chi connectivity index (χ4v) is 1.98. The van der Waals surface area contributed by atoms with Crippen LogP contribution in [0.4, 0.5) is 0 Å². The smallest absolute Gasteiger partial charge is 0.331 e. The Hall–Kier alpha value is -2.31. The Bertz CT molecular complexity index is 732. The van der Waals surface area contributed by atoms with E-state index in [0.29, 0.717) is 11.7 Å². The van der Waals surface area contributed by atoms with E-state index in [1.165, 1.54) is 0 Å². The van der Waals surface area contributed by atoms with Crippen molar-refractivity contribution in [2.24, 2.45) is 0 Å². The van der Waals surface area contributed by atoms with Gasteiger partial charge < -0.3 is 9.52 Å². The zero-order valence-corrected chi connectivity index (χ0v) is 11.9. The SMILES string of the molecule is Cc1nc(Cn2c(O)c(C(C)C)c(=O)[nH]c2=O)oc1C. The van der Waals surface area contributed by atoms with E-state index >= 15 is 0 Å². The van der Waals surface area contributed by atoms with Crippen LogP contribution in [-0.4, -0.2) is 19.6 Å². The number of nitrogens with one attached hydrogen (secondary N) is 1. The molecule has 2 heterocycles. The van der Waals surface area contributed by atoms with Crippen LogP contribution in [0.1, 0.15) is 42.7 Å². The van der Waals surface area contributed by atoms with Gasteiger partial charge >= 0.3 is 5.69 Å². The first kappa shape index (κ1) is 14.1. The predicted octanol–water partition coefficient (Wildman–Crippen LogP) is 1.02. The Morgan fingerprint density at radius 2 is 2.00 bits per heavy atom. The molecule has 0 radical (unpaired) electrons. The van der Waals surface area contributed by atoms with Crippen LogP contribution in [0.25, 0.3) is 0 Å². The maximum absolute atomic E-state index is 11.8. The Labute approximate surface area is 114 Å². The summed E-state index contributed by atoms with van der Waals surface area (Å²) in [6.45, 7) is 7.05. The standard InChI is InChI=1S/C13H17N3O4/c1-6(2)10-11(17)15-13(19)16(12(10)18)5-9-14-7(3)8(4)20-9/h6,18H,5H2,1-4H3,(H,15,17,19). The molecule has 0 aliphatic heterocycles. The molecule has 20 heavy (non-hydrogen) atoms. The number of aromatic hydroxyl groups is 1. The summed E-state index contributed by atoms with van der Waals surface area (Å²) in [5.41, 5.74) is -0.366. The van der Waals surface area contributed by atoms with Crippen molar-refractivity contribution in [1.82, 2.24) is 14.5 Å². The summed E-state index contributed by atoms with van der Waals surface area (Å²) in [6, 6.07) is 0. The summed E-state index contributed by atoms with van der Waals surface area (Å²) in [4.78, 5) is 29.9. The van der Waals surface area contributed by atoms with Gasteiger partial charge in [-0.1, -0.05) is 13.8 Å². The monoisotopic (exact) mass is 279 g/mol.